The zero-order valence-electron chi connectivity index (χ0n) is 20.0. The SMILES string of the molecule is CSCCC(NC(=O)C(CO)NC(=O)C(N)Cc1cnc[nH]1)C(=O)NC(CCCN=C(N)N)C(=O)O. The van der Waals surface area contributed by atoms with Crippen molar-refractivity contribution >= 4 is 41.4 Å². The Labute approximate surface area is 212 Å². The van der Waals surface area contributed by atoms with Crippen LogP contribution in [0.5, 0.6) is 0 Å². The van der Waals surface area contributed by atoms with Crippen LogP contribution in [0.15, 0.2) is 17.5 Å². The van der Waals surface area contributed by atoms with E-state index < -0.39 is 54.5 Å². The summed E-state index contributed by atoms with van der Waals surface area (Å²) < 4.78 is 0. The second-order valence-corrected chi connectivity index (χ2v) is 8.81. The van der Waals surface area contributed by atoms with Crippen LogP contribution >= 0.6 is 11.8 Å². The molecule has 0 aliphatic rings. The number of carboxylic acids is 1. The number of hydrogen-bond donors (Lipinski definition) is 9. The van der Waals surface area contributed by atoms with E-state index in [9.17, 15) is 29.4 Å². The van der Waals surface area contributed by atoms with E-state index in [2.05, 4.69) is 30.9 Å². The lowest BCUT2D eigenvalue weighted by molar-refractivity contribution is -0.142. The number of guanidine groups is 1. The Morgan fingerprint density at radius 1 is 1.08 bits per heavy atom. The molecule has 1 aromatic heterocycles. The topological polar surface area (TPSA) is 264 Å². The molecule has 3 amide bonds. The van der Waals surface area contributed by atoms with Crippen molar-refractivity contribution in [1.29, 1.82) is 0 Å². The standard InChI is InChI=1S/C20H35N9O6S/c1-36-6-4-13(17(32)28-14(19(34)35)3-2-5-25-20(22)23)27-18(33)15(9-30)29-16(31)12(21)7-11-8-24-10-26-11/h8,10,12-15,30H,2-7,9,21H2,1H3,(H,24,26)(H,27,33)(H,28,32)(H,29,31)(H,34,35)(H4,22,23,25). The number of nitrogens with two attached hydrogens (primary N) is 3. The van der Waals surface area contributed by atoms with E-state index in [0.717, 1.165) is 0 Å². The summed E-state index contributed by atoms with van der Waals surface area (Å²) >= 11 is 1.42. The predicted octanol–water partition coefficient (Wildman–Crippen LogP) is -3.38. The van der Waals surface area contributed by atoms with Gasteiger partial charge in [-0.05, 0) is 31.3 Å². The van der Waals surface area contributed by atoms with E-state index in [-0.39, 0.29) is 31.8 Å². The first kappa shape index (κ1) is 30.7. The third-order valence-electron chi connectivity index (χ3n) is 4.95. The summed E-state index contributed by atoms with van der Waals surface area (Å²) in [5, 5.41) is 26.3. The number of nitrogens with zero attached hydrogens (tertiary/aromatic N) is 2. The molecule has 4 unspecified atom stereocenters. The second kappa shape index (κ2) is 16.3. The highest BCUT2D eigenvalue weighted by Gasteiger charge is 2.30. The summed E-state index contributed by atoms with van der Waals surface area (Å²) in [5.74, 6) is -3.12. The second-order valence-electron chi connectivity index (χ2n) is 7.82. The van der Waals surface area contributed by atoms with Crippen LogP contribution in [-0.4, -0.2) is 99.2 Å². The molecule has 4 atom stereocenters. The molecule has 1 aromatic rings. The molecule has 15 nitrogen and oxygen atoms in total. The van der Waals surface area contributed by atoms with Gasteiger partial charge in [-0.2, -0.15) is 11.8 Å². The Balaban J connectivity index is 2.77. The molecule has 0 spiro atoms. The summed E-state index contributed by atoms with van der Waals surface area (Å²) in [6.45, 7) is -0.553. The largest absolute Gasteiger partial charge is 0.480 e. The van der Waals surface area contributed by atoms with Crippen LogP contribution in [0, 0.1) is 0 Å². The van der Waals surface area contributed by atoms with Gasteiger partial charge in [0.2, 0.25) is 17.7 Å². The fourth-order valence-corrected chi connectivity index (χ4v) is 3.48. The maximum atomic E-state index is 12.8. The minimum absolute atomic E-state index is 0.0601. The number of aromatic amines is 1. The molecule has 0 aliphatic heterocycles. The number of carbonyl (C=O) groups is 4. The van der Waals surface area contributed by atoms with Crippen LogP contribution in [-0.2, 0) is 25.6 Å². The molecule has 0 aromatic carbocycles. The normalized spacial score (nSPS) is 14.1. The van der Waals surface area contributed by atoms with Gasteiger partial charge in [-0.15, -0.1) is 0 Å². The van der Waals surface area contributed by atoms with E-state index in [4.69, 9.17) is 17.2 Å². The minimum atomic E-state index is -1.37. The van der Waals surface area contributed by atoms with Crippen molar-refractivity contribution in [1.82, 2.24) is 25.9 Å². The number of nitrogens with one attached hydrogen (secondary N) is 4. The van der Waals surface area contributed by atoms with Crippen LogP contribution in [0.25, 0.3) is 0 Å². The maximum absolute atomic E-state index is 12.8. The molecular formula is C20H35N9O6S. The van der Waals surface area contributed by atoms with Crippen molar-refractivity contribution in [2.45, 2.75) is 49.9 Å². The average Bonchev–Trinajstić information content (AvgIpc) is 3.34. The van der Waals surface area contributed by atoms with Gasteiger partial charge in [-0.25, -0.2) is 9.78 Å². The predicted molar refractivity (Wildman–Crippen MR) is 134 cm³/mol. The lowest BCUT2D eigenvalue weighted by Gasteiger charge is -2.24. The summed E-state index contributed by atoms with van der Waals surface area (Å²) in [6.07, 6.45) is 5.41. The molecule has 0 bridgehead atoms. The van der Waals surface area contributed by atoms with E-state index >= 15 is 0 Å². The molecule has 0 fully saturated rings. The molecule has 202 valence electrons. The Hall–Kier alpha value is -3.37. The Morgan fingerprint density at radius 3 is 2.28 bits per heavy atom. The number of rotatable bonds is 17. The number of imidazole rings is 1. The Kier molecular flexibility index (Phi) is 13.9. The van der Waals surface area contributed by atoms with E-state index in [1.54, 1.807) is 6.26 Å². The van der Waals surface area contributed by atoms with Crippen molar-refractivity contribution in [2.24, 2.45) is 22.2 Å². The van der Waals surface area contributed by atoms with Crippen LogP contribution in [0.4, 0.5) is 0 Å². The van der Waals surface area contributed by atoms with Crippen LogP contribution < -0.4 is 33.2 Å². The number of carbonyl (C=O) groups excluding carboxylic acids is 3. The van der Waals surface area contributed by atoms with Crippen LogP contribution in [0.2, 0.25) is 0 Å². The molecule has 0 aliphatic carbocycles. The van der Waals surface area contributed by atoms with E-state index in [1.165, 1.54) is 24.3 Å². The number of aliphatic hydroxyl groups excluding tert-OH is 1. The summed E-state index contributed by atoms with van der Waals surface area (Å²) in [7, 11) is 0. The van der Waals surface area contributed by atoms with Gasteiger partial charge < -0.3 is 48.3 Å². The molecule has 1 rings (SSSR count). The molecule has 0 radical (unpaired) electrons. The van der Waals surface area contributed by atoms with Crippen molar-refractivity contribution in [2.75, 3.05) is 25.2 Å². The zero-order valence-corrected chi connectivity index (χ0v) is 20.8. The average molecular weight is 530 g/mol. The van der Waals surface area contributed by atoms with Gasteiger partial charge in [-0.1, -0.05) is 0 Å². The van der Waals surface area contributed by atoms with Crippen molar-refractivity contribution < 1.29 is 29.4 Å². The highest BCUT2D eigenvalue weighted by Crippen LogP contribution is 2.05. The van der Waals surface area contributed by atoms with E-state index in [0.29, 0.717) is 17.9 Å². The number of H-pyrrole nitrogens is 1. The highest BCUT2D eigenvalue weighted by atomic mass is 32.2. The van der Waals surface area contributed by atoms with Gasteiger partial charge >= 0.3 is 5.97 Å². The van der Waals surface area contributed by atoms with Crippen LogP contribution in [0.3, 0.4) is 0 Å². The first-order valence-corrected chi connectivity index (χ1v) is 12.5. The summed E-state index contributed by atoms with van der Waals surface area (Å²) in [6, 6.07) is -4.72. The molecule has 0 saturated heterocycles. The number of thioether (sulfide) groups is 1. The van der Waals surface area contributed by atoms with Gasteiger partial charge in [-0.3, -0.25) is 19.4 Å². The lowest BCUT2D eigenvalue weighted by atomic mass is 10.1. The van der Waals surface area contributed by atoms with Crippen LogP contribution in [0.1, 0.15) is 25.0 Å². The molecule has 1 heterocycles. The van der Waals surface area contributed by atoms with Gasteiger partial charge in [0.05, 0.1) is 19.0 Å². The summed E-state index contributed by atoms with van der Waals surface area (Å²) in [5.41, 5.74) is 17.0. The number of hydrogen-bond acceptors (Lipinski definition) is 9. The minimum Gasteiger partial charge on any atom is -0.480 e. The number of aliphatic imine (C=N–C) groups is 1. The monoisotopic (exact) mass is 529 g/mol. The van der Waals surface area contributed by atoms with Crippen molar-refractivity contribution in [3.63, 3.8) is 0 Å². The fourth-order valence-electron chi connectivity index (χ4n) is 3.01. The lowest BCUT2D eigenvalue weighted by Crippen LogP contribution is -2.58. The number of aliphatic hydroxyl groups is 1. The first-order chi connectivity index (χ1) is 17.1. The number of aromatic nitrogens is 2. The molecular weight excluding hydrogens is 494 g/mol. The molecule has 36 heavy (non-hydrogen) atoms. The number of aliphatic carboxylic acids is 1. The summed E-state index contributed by atoms with van der Waals surface area (Å²) in [4.78, 5) is 59.9. The van der Waals surface area contributed by atoms with Gasteiger partial charge in [0.1, 0.15) is 18.1 Å². The third-order valence-corrected chi connectivity index (χ3v) is 5.59. The quantitative estimate of drug-likeness (QED) is 0.0545. The Bertz CT molecular complexity index is 879. The third kappa shape index (κ3) is 11.4. The maximum Gasteiger partial charge on any atom is 0.326 e. The molecule has 0 saturated carbocycles. The Morgan fingerprint density at radius 2 is 1.72 bits per heavy atom. The van der Waals surface area contributed by atoms with Crippen molar-refractivity contribution in [3.05, 3.63) is 18.2 Å². The van der Waals surface area contributed by atoms with E-state index in [1.807, 2.05) is 0 Å². The zero-order chi connectivity index (χ0) is 27.1. The highest BCUT2D eigenvalue weighted by molar-refractivity contribution is 7.98. The van der Waals surface area contributed by atoms with Gasteiger partial charge in [0, 0.05) is 24.9 Å². The number of amides is 3. The fraction of sp³-hybridized carbons (Fsp3) is 0.600. The molecule has 12 N–H and O–H groups in total. The smallest absolute Gasteiger partial charge is 0.326 e. The van der Waals surface area contributed by atoms with Crippen molar-refractivity contribution in [3.8, 4) is 0 Å². The first-order valence-electron chi connectivity index (χ1n) is 11.1. The number of carboxylic acid groups (broad SMARTS) is 1. The van der Waals surface area contributed by atoms with Gasteiger partial charge in [0.25, 0.3) is 0 Å². The molecule has 16 heteroatoms. The van der Waals surface area contributed by atoms with Gasteiger partial charge in [0.15, 0.2) is 5.96 Å².